The first-order chi connectivity index (χ1) is 11.1. The topological polar surface area (TPSA) is 71.1 Å². The van der Waals surface area contributed by atoms with E-state index in [-0.39, 0.29) is 0 Å². The van der Waals surface area contributed by atoms with Gasteiger partial charge in [-0.3, -0.25) is 9.59 Å². The molecule has 0 atom stereocenters. The van der Waals surface area contributed by atoms with E-state index >= 15 is 0 Å². The van der Waals surface area contributed by atoms with E-state index in [1.807, 2.05) is 0 Å². The van der Waals surface area contributed by atoms with Gasteiger partial charge in [-0.05, 0) is 18.7 Å². The van der Waals surface area contributed by atoms with Crippen molar-refractivity contribution in [1.82, 2.24) is 9.80 Å². The van der Waals surface area contributed by atoms with E-state index in [9.17, 15) is 9.59 Å². The van der Waals surface area contributed by atoms with Gasteiger partial charge in [0.15, 0.2) is 0 Å². The highest BCUT2D eigenvalue weighted by atomic mass is 16.5. The highest BCUT2D eigenvalue weighted by Gasteiger charge is 2.26. The maximum atomic E-state index is 12.3. The second-order valence-corrected chi connectivity index (χ2v) is 5.25. The van der Waals surface area contributed by atoms with Crippen LogP contribution in [0.3, 0.4) is 0 Å². The Morgan fingerprint density at radius 1 is 1.13 bits per heavy atom. The number of carbonyl (C=O) groups excluding carboxylic acids is 2. The number of rotatable bonds is 4. The number of hydrogen-bond acceptors (Lipinski definition) is 5. The average Bonchev–Trinajstić information content (AvgIpc) is 2.61. The van der Waals surface area contributed by atoms with Crippen molar-refractivity contribution in [3.63, 3.8) is 0 Å². The molecular weight excluding hydrogens is 298 g/mol. The van der Waals surface area contributed by atoms with Crippen molar-refractivity contribution in [3.05, 3.63) is 18.2 Å². The summed E-state index contributed by atoms with van der Waals surface area (Å²) < 4.78 is 10.3. The molecule has 0 saturated carbocycles. The van der Waals surface area contributed by atoms with Crippen molar-refractivity contribution in [1.29, 1.82) is 0 Å². The molecule has 1 N–H and O–H groups in total. The highest BCUT2D eigenvalue weighted by Crippen LogP contribution is 2.29. The summed E-state index contributed by atoms with van der Waals surface area (Å²) in [4.78, 5) is 28.3. The molecule has 0 aromatic heterocycles. The maximum Gasteiger partial charge on any atom is 0.314 e. The second kappa shape index (κ2) is 7.82. The number of piperazine rings is 1. The molecule has 0 unspecified atom stereocenters. The zero-order chi connectivity index (χ0) is 16.8. The average molecular weight is 321 g/mol. The Labute approximate surface area is 136 Å². The predicted octanol–water partition coefficient (Wildman–Crippen LogP) is 0.806. The van der Waals surface area contributed by atoms with Gasteiger partial charge in [0.1, 0.15) is 11.5 Å². The lowest BCUT2D eigenvalue weighted by atomic mass is 10.2. The summed E-state index contributed by atoms with van der Waals surface area (Å²) in [7, 11) is 3.04. The van der Waals surface area contributed by atoms with E-state index in [1.165, 1.54) is 7.11 Å². The third-order valence-corrected chi connectivity index (χ3v) is 3.96. The van der Waals surface area contributed by atoms with Gasteiger partial charge in [0.2, 0.25) is 0 Å². The molecule has 1 fully saturated rings. The molecule has 1 heterocycles. The summed E-state index contributed by atoms with van der Waals surface area (Å²) in [5.41, 5.74) is 0.443. The fourth-order valence-corrected chi connectivity index (χ4v) is 2.49. The SMILES string of the molecule is CCN1CCN(C(=O)C(=O)Nc2ccc(OC)cc2OC)CC1. The molecule has 1 aromatic carbocycles. The standard InChI is InChI=1S/C16H23N3O4/c1-4-18-7-9-19(10-8-18)16(21)15(20)17-13-6-5-12(22-2)11-14(13)23-3/h5-6,11H,4,7-10H2,1-3H3,(H,17,20). The van der Waals surface area contributed by atoms with E-state index in [1.54, 1.807) is 30.2 Å². The van der Waals surface area contributed by atoms with E-state index in [0.29, 0.717) is 30.3 Å². The quantitative estimate of drug-likeness (QED) is 0.831. The molecule has 1 aliphatic rings. The van der Waals surface area contributed by atoms with Crippen molar-refractivity contribution >= 4 is 17.5 Å². The lowest BCUT2D eigenvalue weighted by molar-refractivity contribution is -0.144. The van der Waals surface area contributed by atoms with Crippen molar-refractivity contribution in [2.24, 2.45) is 0 Å². The third kappa shape index (κ3) is 4.13. The Bertz CT molecular complexity index is 568. The summed E-state index contributed by atoms with van der Waals surface area (Å²) in [6.45, 7) is 5.76. The van der Waals surface area contributed by atoms with Crippen LogP contribution < -0.4 is 14.8 Å². The number of carbonyl (C=O) groups is 2. The first-order valence-corrected chi connectivity index (χ1v) is 7.63. The van der Waals surface area contributed by atoms with Crippen LogP contribution in [0.4, 0.5) is 5.69 Å². The lowest BCUT2D eigenvalue weighted by Crippen LogP contribution is -2.51. The molecule has 0 spiro atoms. The van der Waals surface area contributed by atoms with E-state index in [0.717, 1.165) is 19.6 Å². The summed E-state index contributed by atoms with van der Waals surface area (Å²) in [5, 5.41) is 2.61. The zero-order valence-electron chi connectivity index (χ0n) is 13.8. The number of likely N-dealkylation sites (N-methyl/N-ethyl adjacent to an activating group) is 1. The van der Waals surface area contributed by atoms with Crippen LogP contribution in [0, 0.1) is 0 Å². The van der Waals surface area contributed by atoms with Crippen molar-refractivity contribution in [2.75, 3.05) is 52.3 Å². The number of amides is 2. The molecule has 7 heteroatoms. The van der Waals surface area contributed by atoms with Gasteiger partial charge in [-0.15, -0.1) is 0 Å². The molecule has 0 bridgehead atoms. The molecule has 23 heavy (non-hydrogen) atoms. The molecule has 0 radical (unpaired) electrons. The number of nitrogens with zero attached hydrogens (tertiary/aromatic N) is 2. The van der Waals surface area contributed by atoms with Crippen LogP contribution in [0.2, 0.25) is 0 Å². The number of methoxy groups -OCH3 is 2. The summed E-state index contributed by atoms with van der Waals surface area (Å²) in [6.07, 6.45) is 0. The van der Waals surface area contributed by atoms with Crippen LogP contribution >= 0.6 is 0 Å². The van der Waals surface area contributed by atoms with Crippen LogP contribution in [0.25, 0.3) is 0 Å². The molecule has 126 valence electrons. The van der Waals surface area contributed by atoms with Crippen LogP contribution in [-0.2, 0) is 9.59 Å². The van der Waals surface area contributed by atoms with Gasteiger partial charge >= 0.3 is 11.8 Å². The maximum absolute atomic E-state index is 12.3. The monoisotopic (exact) mass is 321 g/mol. The predicted molar refractivity (Wildman–Crippen MR) is 86.9 cm³/mol. The van der Waals surface area contributed by atoms with Crippen molar-refractivity contribution < 1.29 is 19.1 Å². The molecule has 1 aromatic rings. The van der Waals surface area contributed by atoms with Gasteiger partial charge in [0.25, 0.3) is 0 Å². The van der Waals surface area contributed by atoms with Gasteiger partial charge < -0.3 is 24.6 Å². The minimum Gasteiger partial charge on any atom is -0.497 e. The summed E-state index contributed by atoms with van der Waals surface area (Å²) >= 11 is 0. The third-order valence-electron chi connectivity index (χ3n) is 3.96. The van der Waals surface area contributed by atoms with Gasteiger partial charge in [-0.25, -0.2) is 0 Å². The van der Waals surface area contributed by atoms with Gasteiger partial charge in [-0.2, -0.15) is 0 Å². The fourth-order valence-electron chi connectivity index (χ4n) is 2.49. The molecule has 0 aliphatic carbocycles. The van der Waals surface area contributed by atoms with Gasteiger partial charge in [0.05, 0.1) is 19.9 Å². The van der Waals surface area contributed by atoms with Crippen LogP contribution in [0.15, 0.2) is 18.2 Å². The number of benzene rings is 1. The fraction of sp³-hybridized carbons (Fsp3) is 0.500. The summed E-state index contributed by atoms with van der Waals surface area (Å²) in [5.74, 6) is -0.111. The Balaban J connectivity index is 2.00. The minimum atomic E-state index is -0.654. The lowest BCUT2D eigenvalue weighted by Gasteiger charge is -2.33. The Morgan fingerprint density at radius 3 is 2.39 bits per heavy atom. The number of nitrogens with one attached hydrogen (secondary N) is 1. The van der Waals surface area contributed by atoms with E-state index < -0.39 is 11.8 Å². The normalized spacial score (nSPS) is 15.2. The van der Waals surface area contributed by atoms with E-state index in [4.69, 9.17) is 9.47 Å². The Kier molecular flexibility index (Phi) is 5.81. The smallest absolute Gasteiger partial charge is 0.314 e. The molecule has 1 saturated heterocycles. The van der Waals surface area contributed by atoms with E-state index in [2.05, 4.69) is 17.1 Å². The number of ether oxygens (including phenoxy) is 2. The Morgan fingerprint density at radius 2 is 1.83 bits per heavy atom. The van der Waals surface area contributed by atoms with Gasteiger partial charge in [-0.1, -0.05) is 6.92 Å². The van der Waals surface area contributed by atoms with Crippen LogP contribution in [0.5, 0.6) is 11.5 Å². The van der Waals surface area contributed by atoms with Crippen molar-refractivity contribution in [3.8, 4) is 11.5 Å². The number of anilines is 1. The van der Waals surface area contributed by atoms with Gasteiger partial charge in [0, 0.05) is 32.2 Å². The molecule has 1 aliphatic heterocycles. The van der Waals surface area contributed by atoms with Crippen LogP contribution in [-0.4, -0.2) is 68.6 Å². The molecule has 2 amide bonds. The molecule has 2 rings (SSSR count). The second-order valence-electron chi connectivity index (χ2n) is 5.25. The van der Waals surface area contributed by atoms with Crippen LogP contribution in [0.1, 0.15) is 6.92 Å². The zero-order valence-corrected chi connectivity index (χ0v) is 13.8. The first kappa shape index (κ1) is 17.1. The minimum absolute atomic E-state index is 0.443. The Hall–Kier alpha value is -2.28. The summed E-state index contributed by atoms with van der Waals surface area (Å²) in [6, 6.07) is 5.00. The van der Waals surface area contributed by atoms with Crippen molar-refractivity contribution in [2.45, 2.75) is 6.92 Å². The largest absolute Gasteiger partial charge is 0.497 e. The number of hydrogen-bond donors (Lipinski definition) is 1. The highest BCUT2D eigenvalue weighted by molar-refractivity contribution is 6.39. The first-order valence-electron chi connectivity index (χ1n) is 7.63. The molecule has 7 nitrogen and oxygen atoms in total. The molecular formula is C16H23N3O4.